The van der Waals surface area contributed by atoms with Gasteiger partial charge in [-0.15, -0.1) is 0 Å². The zero-order valence-corrected chi connectivity index (χ0v) is 7.66. The minimum atomic E-state index is 0.528. The third-order valence-corrected chi connectivity index (χ3v) is 2.61. The summed E-state index contributed by atoms with van der Waals surface area (Å²) in [5.41, 5.74) is 7.82. The first-order valence-corrected chi connectivity index (χ1v) is 4.64. The van der Waals surface area contributed by atoms with Crippen molar-refractivity contribution in [2.45, 2.75) is 25.3 Å². The average Bonchev–Trinajstić information content (AvgIpc) is 2.86. The molecule has 0 spiro atoms. The summed E-state index contributed by atoms with van der Waals surface area (Å²) in [5, 5.41) is 0. The number of H-pyrrole nitrogens is 1. The van der Waals surface area contributed by atoms with E-state index < -0.39 is 0 Å². The molecule has 3 heteroatoms. The standard InChI is InChI=1S/C9H12N2S/c10-5-7-3-4-8(6-1-2-6)11-9(7)12/h3-4,6H,1-2,5,10H2,(H,11,12). The lowest BCUT2D eigenvalue weighted by molar-refractivity contribution is 0.970. The molecule has 0 unspecified atom stereocenters. The fourth-order valence-corrected chi connectivity index (χ4v) is 1.58. The van der Waals surface area contributed by atoms with Gasteiger partial charge in [0.1, 0.15) is 4.64 Å². The molecule has 1 saturated carbocycles. The van der Waals surface area contributed by atoms with E-state index in [1.807, 2.05) is 6.07 Å². The summed E-state index contributed by atoms with van der Waals surface area (Å²) in [6, 6.07) is 4.14. The Morgan fingerprint density at radius 2 is 2.25 bits per heavy atom. The second kappa shape index (κ2) is 2.99. The van der Waals surface area contributed by atoms with E-state index in [-0.39, 0.29) is 0 Å². The Labute approximate surface area is 76.8 Å². The molecule has 3 N–H and O–H groups in total. The molecule has 64 valence electrons. The molecule has 0 amide bonds. The van der Waals surface area contributed by atoms with Gasteiger partial charge >= 0.3 is 0 Å². The van der Waals surface area contributed by atoms with Crippen LogP contribution in [0.5, 0.6) is 0 Å². The van der Waals surface area contributed by atoms with Crippen molar-refractivity contribution in [3.8, 4) is 0 Å². The molecule has 0 radical (unpaired) electrons. The highest BCUT2D eigenvalue weighted by Crippen LogP contribution is 2.38. The molecule has 1 aliphatic carbocycles. The van der Waals surface area contributed by atoms with Crippen LogP contribution in [0.4, 0.5) is 0 Å². The van der Waals surface area contributed by atoms with Crippen molar-refractivity contribution >= 4 is 12.2 Å². The van der Waals surface area contributed by atoms with E-state index >= 15 is 0 Å². The smallest absolute Gasteiger partial charge is 0.107 e. The third-order valence-electron chi connectivity index (χ3n) is 2.25. The quantitative estimate of drug-likeness (QED) is 0.684. The fraction of sp³-hybridized carbons (Fsp3) is 0.444. The van der Waals surface area contributed by atoms with Gasteiger partial charge < -0.3 is 10.7 Å². The normalized spacial score (nSPS) is 16.4. The van der Waals surface area contributed by atoms with Crippen LogP contribution >= 0.6 is 12.2 Å². The maximum Gasteiger partial charge on any atom is 0.107 e. The van der Waals surface area contributed by atoms with E-state index in [0.717, 1.165) is 16.1 Å². The van der Waals surface area contributed by atoms with Crippen LogP contribution in [0.2, 0.25) is 0 Å². The predicted molar refractivity (Wildman–Crippen MR) is 51.5 cm³/mol. The number of hydrogen-bond acceptors (Lipinski definition) is 2. The van der Waals surface area contributed by atoms with Crippen molar-refractivity contribution in [3.63, 3.8) is 0 Å². The van der Waals surface area contributed by atoms with Gasteiger partial charge in [0.05, 0.1) is 0 Å². The van der Waals surface area contributed by atoms with Crippen LogP contribution in [0.15, 0.2) is 12.1 Å². The number of hydrogen-bond donors (Lipinski definition) is 2. The molecule has 0 bridgehead atoms. The van der Waals surface area contributed by atoms with Gasteiger partial charge in [0, 0.05) is 17.8 Å². The second-order valence-electron chi connectivity index (χ2n) is 3.25. The zero-order chi connectivity index (χ0) is 8.55. The monoisotopic (exact) mass is 180 g/mol. The molecule has 0 saturated heterocycles. The fourth-order valence-electron chi connectivity index (χ4n) is 1.31. The molecule has 1 aromatic rings. The van der Waals surface area contributed by atoms with Gasteiger partial charge in [0.15, 0.2) is 0 Å². The van der Waals surface area contributed by atoms with Crippen LogP contribution in [-0.4, -0.2) is 4.98 Å². The number of nitrogens with one attached hydrogen (secondary N) is 1. The largest absolute Gasteiger partial charge is 0.350 e. The van der Waals surface area contributed by atoms with Gasteiger partial charge in [-0.2, -0.15) is 0 Å². The summed E-state index contributed by atoms with van der Waals surface area (Å²) in [6.45, 7) is 0.528. The molecule has 2 rings (SSSR count). The second-order valence-corrected chi connectivity index (χ2v) is 3.65. The minimum absolute atomic E-state index is 0.528. The highest BCUT2D eigenvalue weighted by Gasteiger charge is 2.23. The topological polar surface area (TPSA) is 41.8 Å². The molecule has 0 aliphatic heterocycles. The van der Waals surface area contributed by atoms with Crippen LogP contribution in [0.1, 0.15) is 30.0 Å². The van der Waals surface area contributed by atoms with Crippen LogP contribution in [0.25, 0.3) is 0 Å². The molecule has 1 aliphatic rings. The first kappa shape index (κ1) is 7.95. The third kappa shape index (κ3) is 1.42. The van der Waals surface area contributed by atoms with Crippen LogP contribution < -0.4 is 5.73 Å². The molecule has 0 atom stereocenters. The highest BCUT2D eigenvalue weighted by molar-refractivity contribution is 7.71. The van der Waals surface area contributed by atoms with Gasteiger partial charge in [-0.05, 0) is 24.8 Å². The van der Waals surface area contributed by atoms with Crippen LogP contribution in [0.3, 0.4) is 0 Å². The van der Waals surface area contributed by atoms with Crippen LogP contribution in [-0.2, 0) is 6.54 Å². The first-order valence-electron chi connectivity index (χ1n) is 4.23. The maximum absolute atomic E-state index is 5.51. The number of rotatable bonds is 2. The number of nitrogens with two attached hydrogens (primary N) is 1. The Hall–Kier alpha value is -0.670. The Kier molecular flexibility index (Phi) is 1.98. The van der Waals surface area contributed by atoms with Crippen molar-refractivity contribution in [1.82, 2.24) is 4.98 Å². The van der Waals surface area contributed by atoms with Crippen LogP contribution in [0, 0.1) is 4.64 Å². The predicted octanol–water partition coefficient (Wildman–Crippen LogP) is 2.08. The highest BCUT2D eigenvalue weighted by atomic mass is 32.1. The number of aromatic nitrogens is 1. The Balaban J connectivity index is 2.37. The van der Waals surface area contributed by atoms with Gasteiger partial charge in [0.25, 0.3) is 0 Å². The SMILES string of the molecule is NCc1ccc(C2CC2)[nH]c1=S. The van der Waals surface area contributed by atoms with Gasteiger partial charge in [0.2, 0.25) is 0 Å². The summed E-state index contributed by atoms with van der Waals surface area (Å²) in [4.78, 5) is 3.22. The van der Waals surface area contributed by atoms with Crippen molar-refractivity contribution < 1.29 is 0 Å². The number of aromatic amines is 1. The molecular formula is C9H12N2S. The van der Waals surface area contributed by atoms with E-state index in [0.29, 0.717) is 6.54 Å². The number of pyridine rings is 1. The summed E-state index contributed by atoms with van der Waals surface area (Å²) in [7, 11) is 0. The lowest BCUT2D eigenvalue weighted by atomic mass is 10.2. The lowest BCUT2D eigenvalue weighted by Gasteiger charge is -2.01. The summed E-state index contributed by atoms with van der Waals surface area (Å²) in [5.74, 6) is 0.735. The Bertz CT molecular complexity index is 339. The minimum Gasteiger partial charge on any atom is -0.350 e. The molecule has 1 heterocycles. The molecule has 1 aromatic heterocycles. The first-order chi connectivity index (χ1) is 5.81. The van der Waals surface area contributed by atoms with Crippen molar-refractivity contribution in [2.75, 3.05) is 0 Å². The zero-order valence-electron chi connectivity index (χ0n) is 6.84. The van der Waals surface area contributed by atoms with E-state index in [4.69, 9.17) is 18.0 Å². The molecular weight excluding hydrogens is 168 g/mol. The maximum atomic E-state index is 5.51. The average molecular weight is 180 g/mol. The van der Waals surface area contributed by atoms with E-state index in [9.17, 15) is 0 Å². The molecule has 0 aromatic carbocycles. The van der Waals surface area contributed by atoms with Crippen molar-refractivity contribution in [1.29, 1.82) is 0 Å². The lowest BCUT2D eigenvalue weighted by Crippen LogP contribution is -1.99. The summed E-state index contributed by atoms with van der Waals surface area (Å²) >= 11 is 5.15. The van der Waals surface area contributed by atoms with Crippen molar-refractivity contribution in [3.05, 3.63) is 28.0 Å². The molecule has 2 nitrogen and oxygen atoms in total. The van der Waals surface area contributed by atoms with E-state index in [2.05, 4.69) is 11.1 Å². The molecule has 12 heavy (non-hydrogen) atoms. The van der Waals surface area contributed by atoms with Gasteiger partial charge in [-0.25, -0.2) is 0 Å². The van der Waals surface area contributed by atoms with Crippen molar-refractivity contribution in [2.24, 2.45) is 5.73 Å². The Morgan fingerprint density at radius 1 is 1.50 bits per heavy atom. The summed E-state index contributed by atoms with van der Waals surface area (Å²) < 4.78 is 0.807. The van der Waals surface area contributed by atoms with Gasteiger partial charge in [-0.1, -0.05) is 18.3 Å². The van der Waals surface area contributed by atoms with Gasteiger partial charge in [-0.3, -0.25) is 0 Å². The summed E-state index contributed by atoms with van der Waals surface area (Å²) in [6.07, 6.45) is 2.60. The van der Waals surface area contributed by atoms with E-state index in [1.165, 1.54) is 18.5 Å². The molecule has 1 fully saturated rings. The Morgan fingerprint density at radius 3 is 2.75 bits per heavy atom. The van der Waals surface area contributed by atoms with E-state index in [1.54, 1.807) is 0 Å².